The first-order chi connectivity index (χ1) is 6.04. The fraction of sp³-hybridized carbons (Fsp3) is 0.111. The SMILES string of the molecule is [N-]=C=Cc1cccc(C(F)(F)F)c1. The normalized spacial score (nSPS) is 10.7. The van der Waals surface area contributed by atoms with Crippen LogP contribution in [0.3, 0.4) is 0 Å². The second-order valence-corrected chi connectivity index (χ2v) is 2.40. The standard InChI is InChI=1S/C9H5F3N/c10-9(11,12)8-3-1-2-7(6-8)4-5-13/h1-4,6H/q-1. The summed E-state index contributed by atoms with van der Waals surface area (Å²) < 4.78 is 36.3. The highest BCUT2D eigenvalue weighted by Gasteiger charge is 2.30. The molecule has 0 aliphatic rings. The van der Waals surface area contributed by atoms with Crippen molar-refractivity contribution < 1.29 is 13.2 Å². The minimum atomic E-state index is -4.35. The molecule has 68 valence electrons. The van der Waals surface area contributed by atoms with Gasteiger partial charge in [-0.1, -0.05) is 12.1 Å². The largest absolute Gasteiger partial charge is 0.763 e. The summed E-state index contributed by atoms with van der Waals surface area (Å²) in [4.78, 5) is 0. The van der Waals surface area contributed by atoms with Gasteiger partial charge in [-0.3, -0.25) is 5.87 Å². The lowest BCUT2D eigenvalue weighted by atomic mass is 10.1. The van der Waals surface area contributed by atoms with E-state index in [1.165, 1.54) is 12.1 Å². The molecule has 4 heteroatoms. The van der Waals surface area contributed by atoms with Crippen molar-refractivity contribution >= 4 is 11.9 Å². The highest BCUT2D eigenvalue weighted by molar-refractivity contribution is 5.79. The van der Waals surface area contributed by atoms with Gasteiger partial charge in [0.1, 0.15) is 0 Å². The maximum absolute atomic E-state index is 12.1. The van der Waals surface area contributed by atoms with E-state index in [9.17, 15) is 13.2 Å². The van der Waals surface area contributed by atoms with Crippen molar-refractivity contribution in [2.75, 3.05) is 0 Å². The molecule has 0 radical (unpaired) electrons. The smallest absolute Gasteiger partial charge is 0.416 e. The van der Waals surface area contributed by atoms with Crippen molar-refractivity contribution in [3.05, 3.63) is 40.8 Å². The molecule has 0 heterocycles. The van der Waals surface area contributed by atoms with Crippen LogP contribution in [-0.2, 0) is 6.18 Å². The summed E-state index contributed by atoms with van der Waals surface area (Å²) in [6.07, 6.45) is -3.28. The Balaban J connectivity index is 3.12. The van der Waals surface area contributed by atoms with Gasteiger partial charge in [0, 0.05) is 0 Å². The molecule has 0 spiro atoms. The molecule has 0 N–H and O–H groups in total. The molecule has 0 saturated carbocycles. The predicted octanol–water partition coefficient (Wildman–Crippen LogP) is 2.96. The third kappa shape index (κ3) is 2.46. The predicted molar refractivity (Wildman–Crippen MR) is 44.3 cm³/mol. The summed E-state index contributed by atoms with van der Waals surface area (Å²) in [5.41, 5.74) is -0.478. The molecule has 0 fully saturated rings. The van der Waals surface area contributed by atoms with Crippen LogP contribution >= 0.6 is 0 Å². The van der Waals surface area contributed by atoms with Crippen LogP contribution in [0, 0.1) is 0 Å². The maximum Gasteiger partial charge on any atom is 0.416 e. The summed E-state index contributed by atoms with van der Waals surface area (Å²) in [7, 11) is 0. The van der Waals surface area contributed by atoms with Crippen molar-refractivity contribution in [2.45, 2.75) is 6.18 Å². The number of alkyl halides is 3. The van der Waals surface area contributed by atoms with Gasteiger partial charge in [0.05, 0.1) is 5.56 Å². The zero-order chi connectivity index (χ0) is 9.90. The lowest BCUT2D eigenvalue weighted by molar-refractivity contribution is -0.137. The minimum Gasteiger partial charge on any atom is -0.763 e. The summed E-state index contributed by atoms with van der Waals surface area (Å²) in [6.45, 7) is 0. The summed E-state index contributed by atoms with van der Waals surface area (Å²) in [5, 5.41) is 8.23. The molecule has 1 aromatic carbocycles. The Morgan fingerprint density at radius 2 is 2.00 bits per heavy atom. The minimum absolute atomic E-state index is 0.261. The van der Waals surface area contributed by atoms with Gasteiger partial charge in [-0.25, -0.2) is 0 Å². The van der Waals surface area contributed by atoms with Crippen LogP contribution in [0.1, 0.15) is 11.1 Å². The Hall–Kier alpha value is -1.54. The molecular formula is C9H5F3N-. The second kappa shape index (κ2) is 3.46. The van der Waals surface area contributed by atoms with E-state index in [4.69, 9.17) is 5.41 Å². The number of benzene rings is 1. The van der Waals surface area contributed by atoms with Gasteiger partial charge in [-0.2, -0.15) is 13.2 Å². The Labute approximate surface area is 73.0 Å². The van der Waals surface area contributed by atoms with Crippen molar-refractivity contribution in [2.24, 2.45) is 0 Å². The molecule has 0 saturated heterocycles. The van der Waals surface area contributed by atoms with Gasteiger partial charge in [0.15, 0.2) is 0 Å². The van der Waals surface area contributed by atoms with Crippen molar-refractivity contribution in [3.63, 3.8) is 0 Å². The molecule has 0 aliphatic carbocycles. The topological polar surface area (TPSA) is 22.3 Å². The number of rotatable bonds is 1. The lowest BCUT2D eigenvalue weighted by Gasteiger charge is -2.06. The second-order valence-electron chi connectivity index (χ2n) is 2.40. The summed E-state index contributed by atoms with van der Waals surface area (Å²) in [6, 6.07) is 4.61. The number of hydrogen-bond donors (Lipinski definition) is 0. The molecule has 0 atom stereocenters. The zero-order valence-corrected chi connectivity index (χ0v) is 6.47. The van der Waals surface area contributed by atoms with E-state index in [0.717, 1.165) is 18.2 Å². The maximum atomic E-state index is 12.1. The summed E-state index contributed by atoms with van der Waals surface area (Å²) in [5.74, 6) is 1.67. The molecule has 1 nitrogen and oxygen atoms in total. The van der Waals surface area contributed by atoms with Crippen LogP contribution in [0.4, 0.5) is 13.2 Å². The van der Waals surface area contributed by atoms with Gasteiger partial charge < -0.3 is 5.41 Å². The van der Waals surface area contributed by atoms with Gasteiger partial charge in [-0.15, -0.1) is 0 Å². The Kier molecular flexibility index (Phi) is 2.54. The molecule has 0 aliphatic heterocycles. The highest BCUT2D eigenvalue weighted by Crippen LogP contribution is 2.29. The summed E-state index contributed by atoms with van der Waals surface area (Å²) >= 11 is 0. The van der Waals surface area contributed by atoms with Crippen LogP contribution in [0.5, 0.6) is 0 Å². The van der Waals surface area contributed by atoms with Gasteiger partial charge in [-0.05, 0) is 23.8 Å². The number of nitrogens with zero attached hydrogens (tertiary/aromatic N) is 1. The molecule has 0 bridgehead atoms. The molecule has 0 unspecified atom stereocenters. The van der Waals surface area contributed by atoms with E-state index < -0.39 is 11.7 Å². The zero-order valence-electron chi connectivity index (χ0n) is 6.47. The van der Waals surface area contributed by atoms with Gasteiger partial charge >= 0.3 is 6.18 Å². The Bertz CT molecular complexity index is 348. The van der Waals surface area contributed by atoms with Crippen LogP contribution < -0.4 is 0 Å². The van der Waals surface area contributed by atoms with E-state index in [1.54, 1.807) is 5.87 Å². The number of halogens is 3. The van der Waals surface area contributed by atoms with Crippen LogP contribution in [-0.4, -0.2) is 5.87 Å². The third-order valence-electron chi connectivity index (χ3n) is 1.45. The molecule has 1 rings (SSSR count). The van der Waals surface area contributed by atoms with E-state index >= 15 is 0 Å². The highest BCUT2D eigenvalue weighted by atomic mass is 19.4. The first kappa shape index (κ1) is 9.55. The molecule has 1 aromatic rings. The van der Waals surface area contributed by atoms with Crippen LogP contribution in [0.15, 0.2) is 24.3 Å². The lowest BCUT2D eigenvalue weighted by Crippen LogP contribution is -2.04. The fourth-order valence-corrected chi connectivity index (χ4v) is 0.879. The molecular weight excluding hydrogens is 179 g/mol. The monoisotopic (exact) mass is 184 g/mol. The van der Waals surface area contributed by atoms with Crippen molar-refractivity contribution in [3.8, 4) is 0 Å². The van der Waals surface area contributed by atoms with E-state index in [0.29, 0.717) is 0 Å². The Morgan fingerprint density at radius 1 is 1.31 bits per heavy atom. The first-order valence-electron chi connectivity index (χ1n) is 3.44. The van der Waals surface area contributed by atoms with Gasteiger partial charge in [0.2, 0.25) is 0 Å². The van der Waals surface area contributed by atoms with E-state index in [2.05, 4.69) is 0 Å². The molecule has 0 amide bonds. The first-order valence-corrected chi connectivity index (χ1v) is 3.44. The van der Waals surface area contributed by atoms with E-state index in [1.807, 2.05) is 0 Å². The number of hydrogen-bond acceptors (Lipinski definition) is 0. The van der Waals surface area contributed by atoms with Gasteiger partial charge in [0.25, 0.3) is 0 Å². The van der Waals surface area contributed by atoms with Crippen LogP contribution in [0.2, 0.25) is 0 Å². The quantitative estimate of drug-likeness (QED) is 0.599. The molecule has 0 aromatic heterocycles. The molecule has 13 heavy (non-hydrogen) atoms. The van der Waals surface area contributed by atoms with Crippen molar-refractivity contribution in [1.82, 2.24) is 0 Å². The third-order valence-corrected chi connectivity index (χ3v) is 1.45. The fourth-order valence-electron chi connectivity index (χ4n) is 0.879. The average Bonchev–Trinajstić information content (AvgIpc) is 2.04. The van der Waals surface area contributed by atoms with Crippen molar-refractivity contribution in [1.29, 1.82) is 0 Å². The van der Waals surface area contributed by atoms with E-state index in [-0.39, 0.29) is 5.56 Å². The van der Waals surface area contributed by atoms with Crippen LogP contribution in [0.25, 0.3) is 11.5 Å². The average molecular weight is 184 g/mol. The Morgan fingerprint density at radius 3 is 2.54 bits per heavy atom.